The van der Waals surface area contributed by atoms with Crippen LogP contribution in [0.4, 0.5) is 5.69 Å². The maximum atomic E-state index is 12.5. The Kier molecular flexibility index (Phi) is 4.80. The van der Waals surface area contributed by atoms with Crippen LogP contribution in [0, 0.1) is 0 Å². The van der Waals surface area contributed by atoms with Gasteiger partial charge < -0.3 is 15.0 Å². The van der Waals surface area contributed by atoms with E-state index < -0.39 is 0 Å². The number of nitrogens with zero attached hydrogens (tertiary/aromatic N) is 1. The van der Waals surface area contributed by atoms with Crippen molar-refractivity contribution in [3.63, 3.8) is 0 Å². The van der Waals surface area contributed by atoms with Crippen molar-refractivity contribution in [2.45, 2.75) is 25.8 Å². The Labute approximate surface area is 114 Å². The van der Waals surface area contributed by atoms with Gasteiger partial charge in [-0.15, -0.1) is 0 Å². The molecular formula is C15H22N2O2. The molecule has 0 bridgehead atoms. The lowest BCUT2D eigenvalue weighted by Gasteiger charge is -2.24. The summed E-state index contributed by atoms with van der Waals surface area (Å²) >= 11 is 0. The third kappa shape index (κ3) is 3.26. The molecule has 1 atom stereocenters. The lowest BCUT2D eigenvalue weighted by atomic mass is 10.1. The van der Waals surface area contributed by atoms with E-state index in [0.29, 0.717) is 6.61 Å². The van der Waals surface area contributed by atoms with E-state index in [9.17, 15) is 4.79 Å². The highest BCUT2D eigenvalue weighted by atomic mass is 16.5. The molecule has 4 heteroatoms. The highest BCUT2D eigenvalue weighted by Crippen LogP contribution is 2.20. The Morgan fingerprint density at radius 2 is 2.26 bits per heavy atom. The van der Waals surface area contributed by atoms with Crippen LogP contribution < -0.4 is 5.32 Å². The van der Waals surface area contributed by atoms with Gasteiger partial charge in [-0.25, -0.2) is 0 Å². The highest BCUT2D eigenvalue weighted by molar-refractivity contribution is 5.99. The molecule has 104 valence electrons. The summed E-state index contributed by atoms with van der Waals surface area (Å²) in [4.78, 5) is 14.4. The fourth-order valence-corrected chi connectivity index (χ4v) is 2.27. The summed E-state index contributed by atoms with van der Waals surface area (Å²) in [5, 5.41) is 3.31. The van der Waals surface area contributed by atoms with Crippen LogP contribution in [-0.2, 0) is 4.74 Å². The van der Waals surface area contributed by atoms with Gasteiger partial charge in [0.15, 0.2) is 0 Å². The van der Waals surface area contributed by atoms with Crippen molar-refractivity contribution in [3.05, 3.63) is 29.8 Å². The second-order valence-corrected chi connectivity index (χ2v) is 4.91. The van der Waals surface area contributed by atoms with E-state index in [1.807, 2.05) is 31.3 Å². The number of hydrogen-bond donors (Lipinski definition) is 1. The molecule has 1 aliphatic heterocycles. The molecule has 0 aliphatic carbocycles. The van der Waals surface area contributed by atoms with Crippen LogP contribution in [0.1, 0.15) is 30.1 Å². The van der Waals surface area contributed by atoms with Gasteiger partial charge in [0.05, 0.1) is 18.2 Å². The molecule has 1 aliphatic rings. The SMILES string of the molecule is CCCNc1ccccc1C(=O)N(C)C1CCOC1. The number of ether oxygens (including phenoxy) is 1. The first kappa shape index (κ1) is 13.9. The summed E-state index contributed by atoms with van der Waals surface area (Å²) in [6.07, 6.45) is 1.96. The van der Waals surface area contributed by atoms with Crippen LogP contribution in [-0.4, -0.2) is 43.7 Å². The minimum absolute atomic E-state index is 0.0645. The minimum Gasteiger partial charge on any atom is -0.384 e. The fourth-order valence-electron chi connectivity index (χ4n) is 2.27. The number of benzene rings is 1. The van der Waals surface area contributed by atoms with Crippen LogP contribution in [0.5, 0.6) is 0 Å². The number of para-hydroxylation sites is 1. The van der Waals surface area contributed by atoms with Crippen molar-refractivity contribution in [2.24, 2.45) is 0 Å². The van der Waals surface area contributed by atoms with Crippen molar-refractivity contribution in [1.82, 2.24) is 4.90 Å². The maximum absolute atomic E-state index is 12.5. The molecule has 0 spiro atoms. The zero-order valence-electron chi connectivity index (χ0n) is 11.7. The topological polar surface area (TPSA) is 41.6 Å². The van der Waals surface area contributed by atoms with Gasteiger partial charge in [-0.05, 0) is 25.0 Å². The molecule has 4 nitrogen and oxygen atoms in total. The first-order chi connectivity index (χ1) is 9.24. The van der Waals surface area contributed by atoms with Gasteiger partial charge in [-0.3, -0.25) is 4.79 Å². The van der Waals surface area contributed by atoms with Gasteiger partial charge in [-0.1, -0.05) is 19.1 Å². The number of carbonyl (C=O) groups excluding carboxylic acids is 1. The van der Waals surface area contributed by atoms with E-state index >= 15 is 0 Å². The quantitative estimate of drug-likeness (QED) is 0.885. The lowest BCUT2D eigenvalue weighted by Crippen LogP contribution is -2.37. The zero-order valence-corrected chi connectivity index (χ0v) is 11.7. The van der Waals surface area contributed by atoms with Crippen molar-refractivity contribution >= 4 is 11.6 Å². The molecule has 2 rings (SSSR count). The summed E-state index contributed by atoms with van der Waals surface area (Å²) in [7, 11) is 1.86. The molecule has 1 fully saturated rings. The monoisotopic (exact) mass is 262 g/mol. The van der Waals surface area contributed by atoms with Gasteiger partial charge in [-0.2, -0.15) is 0 Å². The number of amides is 1. The van der Waals surface area contributed by atoms with E-state index in [4.69, 9.17) is 4.74 Å². The molecule has 1 aromatic carbocycles. The van der Waals surface area contributed by atoms with Gasteiger partial charge >= 0.3 is 0 Å². The molecular weight excluding hydrogens is 240 g/mol. The average molecular weight is 262 g/mol. The maximum Gasteiger partial charge on any atom is 0.256 e. The molecule has 1 N–H and O–H groups in total. The van der Waals surface area contributed by atoms with E-state index in [-0.39, 0.29) is 11.9 Å². The number of nitrogens with one attached hydrogen (secondary N) is 1. The van der Waals surface area contributed by atoms with Crippen LogP contribution in [0.25, 0.3) is 0 Å². The number of rotatable bonds is 5. The Hall–Kier alpha value is -1.55. The summed E-state index contributed by atoms with van der Waals surface area (Å²) in [5.74, 6) is 0.0645. The van der Waals surface area contributed by atoms with Crippen LogP contribution in [0.3, 0.4) is 0 Å². The molecule has 1 amide bonds. The van der Waals surface area contributed by atoms with Crippen molar-refractivity contribution in [1.29, 1.82) is 0 Å². The van der Waals surface area contributed by atoms with Crippen LogP contribution in [0.2, 0.25) is 0 Å². The molecule has 19 heavy (non-hydrogen) atoms. The first-order valence-electron chi connectivity index (χ1n) is 6.92. The van der Waals surface area contributed by atoms with Crippen molar-refractivity contribution in [2.75, 3.05) is 32.1 Å². The van der Waals surface area contributed by atoms with Crippen LogP contribution in [0.15, 0.2) is 24.3 Å². The predicted octanol–water partition coefficient (Wildman–Crippen LogP) is 2.37. The molecule has 1 aromatic rings. The van der Waals surface area contributed by atoms with Crippen molar-refractivity contribution in [3.8, 4) is 0 Å². The smallest absolute Gasteiger partial charge is 0.256 e. The van der Waals surface area contributed by atoms with Crippen molar-refractivity contribution < 1.29 is 9.53 Å². The number of likely N-dealkylation sites (N-methyl/N-ethyl adjacent to an activating group) is 1. The highest BCUT2D eigenvalue weighted by Gasteiger charge is 2.25. The van der Waals surface area contributed by atoms with Gasteiger partial charge in [0.2, 0.25) is 0 Å². The van der Waals surface area contributed by atoms with Gasteiger partial charge in [0.1, 0.15) is 0 Å². The van der Waals surface area contributed by atoms with E-state index in [1.54, 1.807) is 4.90 Å². The first-order valence-corrected chi connectivity index (χ1v) is 6.92. The van der Waals surface area contributed by atoms with E-state index in [1.165, 1.54) is 0 Å². The zero-order chi connectivity index (χ0) is 13.7. The van der Waals surface area contributed by atoms with Gasteiger partial charge in [0.25, 0.3) is 5.91 Å². The molecule has 0 aromatic heterocycles. The fraction of sp³-hybridized carbons (Fsp3) is 0.533. The Morgan fingerprint density at radius 1 is 1.47 bits per heavy atom. The van der Waals surface area contributed by atoms with Gasteiger partial charge in [0, 0.05) is 25.9 Å². The Bertz CT molecular complexity index is 428. The summed E-state index contributed by atoms with van der Waals surface area (Å²) in [5.41, 5.74) is 1.66. The molecule has 0 saturated carbocycles. The number of anilines is 1. The summed E-state index contributed by atoms with van der Waals surface area (Å²) in [6.45, 7) is 4.38. The predicted molar refractivity (Wildman–Crippen MR) is 76.5 cm³/mol. The molecule has 1 unspecified atom stereocenters. The largest absolute Gasteiger partial charge is 0.384 e. The summed E-state index contributed by atoms with van der Waals surface area (Å²) in [6, 6.07) is 7.90. The second kappa shape index (κ2) is 6.57. The summed E-state index contributed by atoms with van der Waals surface area (Å²) < 4.78 is 5.35. The number of hydrogen-bond acceptors (Lipinski definition) is 3. The van der Waals surface area contributed by atoms with E-state index in [0.717, 1.165) is 37.2 Å². The van der Waals surface area contributed by atoms with Crippen LogP contribution >= 0.6 is 0 Å². The lowest BCUT2D eigenvalue weighted by molar-refractivity contribution is 0.0712. The van der Waals surface area contributed by atoms with E-state index in [2.05, 4.69) is 12.2 Å². The normalized spacial score (nSPS) is 18.3. The molecule has 1 saturated heterocycles. The minimum atomic E-state index is 0.0645. The third-order valence-corrected chi connectivity index (χ3v) is 3.50. The Morgan fingerprint density at radius 3 is 2.95 bits per heavy atom. The standard InChI is InChI=1S/C15H22N2O2/c1-3-9-16-14-7-5-4-6-13(14)15(18)17(2)12-8-10-19-11-12/h4-7,12,16H,3,8-11H2,1-2H3. The number of carbonyl (C=O) groups is 1. The average Bonchev–Trinajstić information content (AvgIpc) is 2.98. The third-order valence-electron chi connectivity index (χ3n) is 3.50. The Balaban J connectivity index is 2.13. The molecule has 1 heterocycles. The second-order valence-electron chi connectivity index (χ2n) is 4.91. The molecule has 0 radical (unpaired) electrons.